The van der Waals surface area contributed by atoms with Crippen LogP contribution in [-0.2, 0) is 0 Å². The number of rotatable bonds is 4. The fourth-order valence-electron chi connectivity index (χ4n) is 3.14. The van der Waals surface area contributed by atoms with Gasteiger partial charge in [-0.1, -0.05) is 12.1 Å². The number of nitrogens with zero attached hydrogens (tertiary/aromatic N) is 3. The van der Waals surface area contributed by atoms with Gasteiger partial charge in [-0.15, -0.1) is 0 Å². The number of para-hydroxylation sites is 2. The van der Waals surface area contributed by atoms with Gasteiger partial charge in [0.15, 0.2) is 11.6 Å². The van der Waals surface area contributed by atoms with Crippen LogP contribution in [0.1, 0.15) is 25.7 Å². The molecule has 0 spiro atoms. The lowest BCUT2D eigenvalue weighted by Crippen LogP contribution is -2.38. The largest absolute Gasteiger partial charge is 0.396 e. The zero-order valence-electron chi connectivity index (χ0n) is 12.7. The second-order valence-electron chi connectivity index (χ2n) is 6.44. The first-order chi connectivity index (χ1) is 10.8. The lowest BCUT2D eigenvalue weighted by atomic mass is 9.99. The molecule has 5 nitrogen and oxygen atoms in total. The topological polar surface area (TPSA) is 61.3 Å². The molecule has 1 aliphatic carbocycles. The first kappa shape index (κ1) is 13.8. The molecule has 2 heterocycles. The summed E-state index contributed by atoms with van der Waals surface area (Å²) in [6.07, 6.45) is 4.63. The summed E-state index contributed by atoms with van der Waals surface area (Å²) in [6.45, 7) is 2.11. The summed E-state index contributed by atoms with van der Waals surface area (Å²) in [5, 5.41) is 13.0. The molecule has 2 aliphatic rings. The Labute approximate surface area is 130 Å². The highest BCUT2D eigenvalue weighted by molar-refractivity contribution is 5.80. The Morgan fingerprint density at radius 1 is 1.14 bits per heavy atom. The minimum absolute atomic E-state index is 0.253. The van der Waals surface area contributed by atoms with Crippen molar-refractivity contribution in [2.24, 2.45) is 5.92 Å². The average Bonchev–Trinajstić information content (AvgIpc) is 3.38. The summed E-state index contributed by atoms with van der Waals surface area (Å²) in [7, 11) is 0. The van der Waals surface area contributed by atoms with E-state index in [0.717, 1.165) is 48.6 Å². The Hall–Kier alpha value is -1.88. The van der Waals surface area contributed by atoms with Gasteiger partial charge in [0.25, 0.3) is 0 Å². The molecule has 0 amide bonds. The van der Waals surface area contributed by atoms with Crippen LogP contribution in [0.5, 0.6) is 0 Å². The van der Waals surface area contributed by atoms with Crippen molar-refractivity contribution in [3.63, 3.8) is 0 Å². The van der Waals surface area contributed by atoms with Gasteiger partial charge >= 0.3 is 0 Å². The van der Waals surface area contributed by atoms with Crippen molar-refractivity contribution in [2.45, 2.75) is 31.7 Å². The van der Waals surface area contributed by atoms with Gasteiger partial charge in [0, 0.05) is 25.7 Å². The predicted octanol–water partition coefficient (Wildman–Crippen LogP) is 2.41. The van der Waals surface area contributed by atoms with E-state index in [0.29, 0.717) is 12.0 Å². The van der Waals surface area contributed by atoms with Gasteiger partial charge in [0.1, 0.15) is 0 Å². The van der Waals surface area contributed by atoms with Crippen molar-refractivity contribution in [3.05, 3.63) is 24.3 Å². The van der Waals surface area contributed by atoms with Gasteiger partial charge in [-0.25, -0.2) is 9.97 Å². The van der Waals surface area contributed by atoms with Crippen molar-refractivity contribution in [1.82, 2.24) is 9.97 Å². The van der Waals surface area contributed by atoms with Crippen LogP contribution in [0.25, 0.3) is 11.0 Å². The number of aliphatic hydroxyl groups excluding tert-OH is 1. The predicted molar refractivity (Wildman–Crippen MR) is 88.2 cm³/mol. The third-order valence-corrected chi connectivity index (χ3v) is 4.55. The molecule has 0 radical (unpaired) electrons. The molecule has 0 unspecified atom stereocenters. The minimum atomic E-state index is 0.253. The molecule has 2 aromatic rings. The van der Waals surface area contributed by atoms with Gasteiger partial charge in [-0.3, -0.25) is 0 Å². The number of piperidine rings is 1. The summed E-state index contributed by atoms with van der Waals surface area (Å²) in [4.78, 5) is 12.0. The molecule has 1 saturated carbocycles. The molecule has 1 saturated heterocycles. The third-order valence-electron chi connectivity index (χ3n) is 4.55. The minimum Gasteiger partial charge on any atom is -0.396 e. The Balaban J connectivity index is 1.72. The summed E-state index contributed by atoms with van der Waals surface area (Å²) in [5.74, 6) is 2.19. The van der Waals surface area contributed by atoms with Crippen molar-refractivity contribution in [3.8, 4) is 0 Å². The van der Waals surface area contributed by atoms with Crippen molar-refractivity contribution in [2.75, 3.05) is 29.9 Å². The van der Waals surface area contributed by atoms with Gasteiger partial charge in [-0.2, -0.15) is 0 Å². The average molecular weight is 298 g/mol. The fourth-order valence-corrected chi connectivity index (χ4v) is 3.14. The van der Waals surface area contributed by atoms with Gasteiger partial charge in [-0.05, 0) is 43.7 Å². The Morgan fingerprint density at radius 2 is 1.91 bits per heavy atom. The number of fused-ring (bicyclic) bond motifs is 1. The van der Waals surface area contributed by atoms with E-state index >= 15 is 0 Å². The van der Waals surface area contributed by atoms with Crippen LogP contribution in [0.15, 0.2) is 24.3 Å². The molecule has 0 bridgehead atoms. The smallest absolute Gasteiger partial charge is 0.172 e. The van der Waals surface area contributed by atoms with Crippen LogP contribution in [0.2, 0.25) is 0 Å². The van der Waals surface area contributed by atoms with Crippen molar-refractivity contribution in [1.29, 1.82) is 0 Å². The van der Waals surface area contributed by atoms with Crippen LogP contribution in [0, 0.1) is 5.92 Å². The maximum atomic E-state index is 9.47. The van der Waals surface area contributed by atoms with Gasteiger partial charge < -0.3 is 15.3 Å². The number of aromatic nitrogens is 2. The maximum absolute atomic E-state index is 9.47. The third kappa shape index (κ3) is 2.73. The van der Waals surface area contributed by atoms with Crippen LogP contribution < -0.4 is 10.2 Å². The lowest BCUT2D eigenvalue weighted by molar-refractivity contribution is 0.208. The van der Waals surface area contributed by atoms with Crippen molar-refractivity contribution < 1.29 is 5.11 Å². The molecule has 1 aromatic heterocycles. The summed E-state index contributed by atoms with van der Waals surface area (Å²) in [5.41, 5.74) is 1.87. The second kappa shape index (κ2) is 5.72. The molecule has 2 N–H and O–H groups in total. The van der Waals surface area contributed by atoms with E-state index in [-0.39, 0.29) is 6.61 Å². The van der Waals surface area contributed by atoms with Gasteiger partial charge in [0.2, 0.25) is 0 Å². The molecule has 1 aromatic carbocycles. The number of aliphatic hydroxyl groups is 1. The van der Waals surface area contributed by atoms with E-state index in [4.69, 9.17) is 9.97 Å². The molecular weight excluding hydrogens is 276 g/mol. The Morgan fingerprint density at radius 3 is 2.64 bits per heavy atom. The number of hydrogen-bond donors (Lipinski definition) is 2. The van der Waals surface area contributed by atoms with Crippen LogP contribution in [-0.4, -0.2) is 40.8 Å². The molecule has 116 valence electrons. The molecular formula is C17H22N4O. The van der Waals surface area contributed by atoms with E-state index in [2.05, 4.69) is 10.2 Å². The first-order valence-electron chi connectivity index (χ1n) is 8.22. The molecule has 2 fully saturated rings. The lowest BCUT2D eigenvalue weighted by Gasteiger charge is -2.33. The normalized spacial score (nSPS) is 22.0. The molecule has 22 heavy (non-hydrogen) atoms. The first-order valence-corrected chi connectivity index (χ1v) is 8.22. The highest BCUT2D eigenvalue weighted by Crippen LogP contribution is 2.32. The molecule has 5 heteroatoms. The maximum Gasteiger partial charge on any atom is 0.172 e. The zero-order chi connectivity index (χ0) is 14.9. The highest BCUT2D eigenvalue weighted by Gasteiger charge is 2.27. The number of nitrogens with one attached hydrogen (secondary N) is 1. The quantitative estimate of drug-likeness (QED) is 0.907. The number of hydrogen-bond acceptors (Lipinski definition) is 5. The molecule has 4 rings (SSSR count). The van der Waals surface area contributed by atoms with Crippen LogP contribution in [0.3, 0.4) is 0 Å². The van der Waals surface area contributed by atoms with Crippen LogP contribution in [0.4, 0.5) is 11.6 Å². The highest BCUT2D eigenvalue weighted by atomic mass is 16.3. The van der Waals surface area contributed by atoms with E-state index in [9.17, 15) is 5.11 Å². The van der Waals surface area contributed by atoms with E-state index in [1.165, 1.54) is 12.8 Å². The van der Waals surface area contributed by atoms with E-state index < -0.39 is 0 Å². The standard InChI is InChI=1S/C17H22N4O/c22-11-12-4-3-9-21(10-12)17-16(18-13-7-8-13)19-14-5-1-2-6-15(14)20-17/h1-2,5-6,12-13,22H,3-4,7-11H2,(H,18,19)/t12-/m1/s1. The fraction of sp³-hybridized carbons (Fsp3) is 0.529. The summed E-state index contributed by atoms with van der Waals surface area (Å²) in [6, 6.07) is 8.58. The van der Waals surface area contributed by atoms with Crippen LogP contribution >= 0.6 is 0 Å². The molecule has 1 atom stereocenters. The zero-order valence-corrected chi connectivity index (χ0v) is 12.7. The van der Waals surface area contributed by atoms with E-state index in [1.807, 2.05) is 24.3 Å². The SMILES string of the molecule is OC[C@@H]1CCCN(c2nc3ccccc3nc2NC2CC2)C1. The second-order valence-corrected chi connectivity index (χ2v) is 6.44. The Kier molecular flexibility index (Phi) is 3.58. The summed E-state index contributed by atoms with van der Waals surface area (Å²) < 4.78 is 0. The van der Waals surface area contributed by atoms with Gasteiger partial charge in [0.05, 0.1) is 11.0 Å². The van der Waals surface area contributed by atoms with E-state index in [1.54, 1.807) is 0 Å². The number of anilines is 2. The Bertz CT molecular complexity index is 671. The number of benzene rings is 1. The summed E-state index contributed by atoms with van der Waals surface area (Å²) >= 11 is 0. The molecule has 1 aliphatic heterocycles. The van der Waals surface area contributed by atoms with Crippen molar-refractivity contribution >= 4 is 22.7 Å². The monoisotopic (exact) mass is 298 g/mol.